The van der Waals surface area contributed by atoms with Crippen LogP contribution in [0, 0.1) is 13.8 Å². The van der Waals surface area contributed by atoms with Crippen molar-refractivity contribution in [1.82, 2.24) is 5.32 Å². The van der Waals surface area contributed by atoms with E-state index in [9.17, 15) is 15.0 Å². The summed E-state index contributed by atoms with van der Waals surface area (Å²) in [5.41, 5.74) is 3.83. The van der Waals surface area contributed by atoms with Crippen LogP contribution < -0.4 is 10.1 Å². The van der Waals surface area contributed by atoms with Crippen molar-refractivity contribution < 1.29 is 24.9 Å². The molecule has 0 spiro atoms. The highest BCUT2D eigenvalue weighted by atomic mass is 16.5. The number of ether oxygens (including phenoxy) is 1. The van der Waals surface area contributed by atoms with Crippen LogP contribution in [0.5, 0.6) is 11.5 Å². The summed E-state index contributed by atoms with van der Waals surface area (Å²) in [5.74, 6) is -0.238. The second-order valence-electron chi connectivity index (χ2n) is 6.76. The van der Waals surface area contributed by atoms with Crippen LogP contribution in [0.25, 0.3) is 0 Å². The molecule has 0 saturated carbocycles. The summed E-state index contributed by atoms with van der Waals surface area (Å²) in [6, 6.07) is 10.3. The maximum absolute atomic E-state index is 10.6. The van der Waals surface area contributed by atoms with Gasteiger partial charge in [0.15, 0.2) is 6.61 Å². The maximum atomic E-state index is 10.6. The van der Waals surface area contributed by atoms with E-state index in [1.54, 1.807) is 24.3 Å². The third-order valence-corrected chi connectivity index (χ3v) is 4.55. The summed E-state index contributed by atoms with van der Waals surface area (Å²) in [7, 11) is 0. The second-order valence-corrected chi connectivity index (χ2v) is 6.76. The number of aliphatic hydroxyl groups excluding tert-OH is 1. The van der Waals surface area contributed by atoms with E-state index in [2.05, 4.69) is 5.32 Å². The fraction of sp³-hybridized carbons (Fsp3) is 0.381. The lowest BCUT2D eigenvalue weighted by atomic mass is 10.0. The number of aromatic hydroxyl groups is 1. The summed E-state index contributed by atoms with van der Waals surface area (Å²) < 4.78 is 5.30. The first-order chi connectivity index (χ1) is 12.8. The summed E-state index contributed by atoms with van der Waals surface area (Å²) in [4.78, 5) is 10.6. The molecule has 0 aromatic heterocycles. The van der Waals surface area contributed by atoms with Crippen molar-refractivity contribution >= 4 is 5.97 Å². The highest BCUT2D eigenvalue weighted by Gasteiger charge is 2.16. The smallest absolute Gasteiger partial charge is 0.341 e. The molecule has 2 atom stereocenters. The number of hydrogen-bond acceptors (Lipinski definition) is 5. The van der Waals surface area contributed by atoms with Gasteiger partial charge in [0.25, 0.3) is 0 Å². The lowest BCUT2D eigenvalue weighted by Gasteiger charge is -2.21. The highest BCUT2D eigenvalue weighted by Crippen LogP contribution is 2.24. The van der Waals surface area contributed by atoms with Gasteiger partial charge in [-0.3, -0.25) is 0 Å². The number of phenols is 1. The fourth-order valence-electron chi connectivity index (χ4n) is 2.92. The van der Waals surface area contributed by atoms with Crippen LogP contribution in [0.1, 0.15) is 35.3 Å². The summed E-state index contributed by atoms with van der Waals surface area (Å²) in [6.45, 7) is 6.11. The zero-order valence-corrected chi connectivity index (χ0v) is 15.9. The molecule has 0 fully saturated rings. The third-order valence-electron chi connectivity index (χ3n) is 4.55. The van der Waals surface area contributed by atoms with E-state index < -0.39 is 12.1 Å². The number of carbonyl (C=O) groups is 1. The molecule has 0 bridgehead atoms. The lowest BCUT2D eigenvalue weighted by molar-refractivity contribution is -0.139. The lowest BCUT2D eigenvalue weighted by Crippen LogP contribution is -2.33. The standard InChI is InChI=1S/C21H27NO5/c1-13-11-19(27-12-20(24)25)14(2)10-17(13)8-9-22-15(3)21(26)16-4-6-18(23)7-5-16/h4-7,10-11,15,21-23,26H,8-9,12H2,1-3H3,(H,24,25)/t15?,21-/m1/s1. The minimum absolute atomic E-state index is 0.144. The Kier molecular flexibility index (Phi) is 7.21. The van der Waals surface area contributed by atoms with E-state index in [1.165, 1.54) is 0 Å². The summed E-state index contributed by atoms with van der Waals surface area (Å²) >= 11 is 0. The fourth-order valence-corrected chi connectivity index (χ4v) is 2.92. The zero-order valence-electron chi connectivity index (χ0n) is 15.9. The van der Waals surface area contributed by atoms with Gasteiger partial charge in [0.1, 0.15) is 11.5 Å². The largest absolute Gasteiger partial charge is 0.508 e. The minimum atomic E-state index is -0.999. The Morgan fingerprint density at radius 1 is 1.15 bits per heavy atom. The van der Waals surface area contributed by atoms with Crippen LogP contribution >= 0.6 is 0 Å². The van der Waals surface area contributed by atoms with Gasteiger partial charge >= 0.3 is 5.97 Å². The molecule has 146 valence electrons. The van der Waals surface area contributed by atoms with E-state index in [0.717, 1.165) is 28.7 Å². The summed E-state index contributed by atoms with van der Waals surface area (Å²) in [6.07, 6.45) is 0.110. The monoisotopic (exact) mass is 373 g/mol. The van der Waals surface area contributed by atoms with Gasteiger partial charge < -0.3 is 25.4 Å². The molecule has 6 heteroatoms. The number of carboxylic acids is 1. The Hall–Kier alpha value is -2.57. The Morgan fingerprint density at radius 3 is 2.44 bits per heavy atom. The number of carboxylic acid groups (broad SMARTS) is 1. The Balaban J connectivity index is 1.91. The van der Waals surface area contributed by atoms with Crippen LogP contribution in [0.15, 0.2) is 36.4 Å². The van der Waals surface area contributed by atoms with Crippen LogP contribution in [0.2, 0.25) is 0 Å². The van der Waals surface area contributed by atoms with Crippen molar-refractivity contribution in [3.8, 4) is 11.5 Å². The minimum Gasteiger partial charge on any atom is -0.508 e. The van der Waals surface area contributed by atoms with Crippen LogP contribution in [0.3, 0.4) is 0 Å². The van der Waals surface area contributed by atoms with Gasteiger partial charge in [-0.05, 0) is 74.2 Å². The normalized spacial score (nSPS) is 13.2. The van der Waals surface area contributed by atoms with Gasteiger partial charge in [-0.25, -0.2) is 4.79 Å². The van der Waals surface area contributed by atoms with Gasteiger partial charge in [-0.15, -0.1) is 0 Å². The van der Waals surface area contributed by atoms with Crippen LogP contribution in [0.4, 0.5) is 0 Å². The molecule has 27 heavy (non-hydrogen) atoms. The quantitative estimate of drug-likeness (QED) is 0.539. The van der Waals surface area contributed by atoms with E-state index in [4.69, 9.17) is 9.84 Å². The number of phenolic OH excluding ortho intramolecular Hbond substituents is 1. The van der Waals surface area contributed by atoms with Gasteiger partial charge in [0.2, 0.25) is 0 Å². The van der Waals surface area contributed by atoms with Gasteiger partial charge in [-0.1, -0.05) is 18.2 Å². The van der Waals surface area contributed by atoms with Crippen molar-refractivity contribution in [2.45, 2.75) is 39.3 Å². The predicted octanol–water partition coefficient (Wildman–Crippen LogP) is 2.73. The molecular formula is C21H27NO5. The van der Waals surface area contributed by atoms with Crippen LogP contribution in [-0.4, -0.2) is 40.5 Å². The molecule has 1 unspecified atom stereocenters. The number of benzene rings is 2. The van der Waals surface area contributed by atoms with Crippen molar-refractivity contribution in [1.29, 1.82) is 0 Å². The van der Waals surface area contributed by atoms with Crippen molar-refractivity contribution in [2.75, 3.05) is 13.2 Å². The number of nitrogens with one attached hydrogen (secondary N) is 1. The number of aliphatic carboxylic acids is 1. The molecule has 0 aliphatic heterocycles. The second kappa shape index (κ2) is 9.39. The van der Waals surface area contributed by atoms with Gasteiger partial charge in [0, 0.05) is 6.04 Å². The van der Waals surface area contributed by atoms with E-state index in [-0.39, 0.29) is 18.4 Å². The SMILES string of the molecule is Cc1cc(OCC(=O)O)c(C)cc1CCNC(C)[C@@H](O)c1ccc(O)cc1. The highest BCUT2D eigenvalue weighted by molar-refractivity contribution is 5.68. The number of aliphatic hydroxyl groups is 1. The number of hydrogen-bond donors (Lipinski definition) is 4. The van der Waals surface area contributed by atoms with E-state index in [1.807, 2.05) is 32.9 Å². The first-order valence-corrected chi connectivity index (χ1v) is 8.93. The van der Waals surface area contributed by atoms with Gasteiger partial charge in [-0.2, -0.15) is 0 Å². The molecule has 0 aliphatic carbocycles. The van der Waals surface area contributed by atoms with Crippen molar-refractivity contribution in [3.63, 3.8) is 0 Å². The first kappa shape index (κ1) is 20.7. The Bertz CT molecular complexity index is 773. The molecule has 2 aromatic rings. The van der Waals surface area contributed by atoms with Crippen molar-refractivity contribution in [2.24, 2.45) is 0 Å². The molecule has 0 amide bonds. The van der Waals surface area contributed by atoms with Gasteiger partial charge in [0.05, 0.1) is 6.10 Å². The number of rotatable bonds is 9. The molecule has 2 rings (SSSR count). The van der Waals surface area contributed by atoms with Crippen LogP contribution in [-0.2, 0) is 11.2 Å². The molecule has 0 heterocycles. The predicted molar refractivity (Wildman–Crippen MR) is 103 cm³/mol. The zero-order chi connectivity index (χ0) is 20.0. The molecule has 6 nitrogen and oxygen atoms in total. The Labute approximate surface area is 159 Å². The Morgan fingerprint density at radius 2 is 1.81 bits per heavy atom. The summed E-state index contributed by atoms with van der Waals surface area (Å²) in [5, 5.41) is 31.8. The molecule has 0 radical (unpaired) electrons. The van der Waals surface area contributed by atoms with E-state index >= 15 is 0 Å². The average Bonchev–Trinajstić information content (AvgIpc) is 2.62. The third kappa shape index (κ3) is 5.98. The molecular weight excluding hydrogens is 346 g/mol. The topological polar surface area (TPSA) is 99.0 Å². The molecule has 0 aliphatic rings. The first-order valence-electron chi connectivity index (χ1n) is 8.93. The average molecular weight is 373 g/mol. The number of aryl methyl sites for hydroxylation is 2. The maximum Gasteiger partial charge on any atom is 0.341 e. The van der Waals surface area contributed by atoms with Crippen molar-refractivity contribution in [3.05, 3.63) is 58.7 Å². The molecule has 2 aromatic carbocycles. The molecule has 0 saturated heterocycles. The molecule has 4 N–H and O–H groups in total. The van der Waals surface area contributed by atoms with E-state index in [0.29, 0.717) is 12.3 Å².